The Morgan fingerprint density at radius 1 is 1.18 bits per heavy atom. The molecule has 0 aliphatic rings. The third-order valence-corrected chi connectivity index (χ3v) is 3.75. The number of carbonyl (C=O) groups excluding carboxylic acids is 2. The van der Waals surface area contributed by atoms with Crippen molar-refractivity contribution in [2.24, 2.45) is 5.92 Å². The van der Waals surface area contributed by atoms with Crippen LogP contribution < -0.4 is 10.6 Å². The Bertz CT molecular complexity index is 429. The SMILES string of the molecule is CCCCC(CC)CNC(=O)CCC(=O)NCc1ccco1. The molecule has 1 atom stereocenters. The minimum atomic E-state index is -0.135. The number of hydrogen-bond donors (Lipinski definition) is 2. The van der Waals surface area contributed by atoms with Crippen molar-refractivity contribution in [1.82, 2.24) is 10.6 Å². The van der Waals surface area contributed by atoms with E-state index in [1.165, 1.54) is 12.8 Å². The van der Waals surface area contributed by atoms with Crippen molar-refractivity contribution in [2.75, 3.05) is 6.54 Å². The Balaban J connectivity index is 2.12. The van der Waals surface area contributed by atoms with Gasteiger partial charge in [-0.25, -0.2) is 0 Å². The van der Waals surface area contributed by atoms with Gasteiger partial charge in [0, 0.05) is 19.4 Å². The van der Waals surface area contributed by atoms with Gasteiger partial charge in [-0.05, 0) is 24.5 Å². The normalized spacial score (nSPS) is 11.9. The monoisotopic (exact) mass is 308 g/mol. The predicted octanol–water partition coefficient (Wildman–Crippen LogP) is 3.01. The van der Waals surface area contributed by atoms with E-state index in [1.54, 1.807) is 18.4 Å². The predicted molar refractivity (Wildman–Crippen MR) is 86.1 cm³/mol. The van der Waals surface area contributed by atoms with Crippen molar-refractivity contribution in [1.29, 1.82) is 0 Å². The molecule has 2 amide bonds. The van der Waals surface area contributed by atoms with Gasteiger partial charge >= 0.3 is 0 Å². The van der Waals surface area contributed by atoms with E-state index in [2.05, 4.69) is 24.5 Å². The molecule has 1 aromatic rings. The standard InChI is InChI=1S/C17H28N2O3/c1-3-5-7-14(4-2)12-18-16(20)9-10-17(21)19-13-15-8-6-11-22-15/h6,8,11,14H,3-5,7,9-10,12-13H2,1-2H3,(H,18,20)(H,19,21). The first-order valence-electron chi connectivity index (χ1n) is 8.21. The molecule has 0 radical (unpaired) electrons. The van der Waals surface area contributed by atoms with Gasteiger partial charge in [0.25, 0.3) is 0 Å². The molecule has 5 nitrogen and oxygen atoms in total. The first kappa shape index (κ1) is 18.3. The highest BCUT2D eigenvalue weighted by Gasteiger charge is 2.10. The second-order valence-corrected chi connectivity index (χ2v) is 5.58. The number of furan rings is 1. The van der Waals surface area contributed by atoms with Crippen LogP contribution in [-0.2, 0) is 16.1 Å². The Morgan fingerprint density at radius 2 is 1.91 bits per heavy atom. The fraction of sp³-hybridized carbons (Fsp3) is 0.647. The van der Waals surface area contributed by atoms with E-state index in [0.29, 0.717) is 24.8 Å². The van der Waals surface area contributed by atoms with Crippen LogP contribution in [0.4, 0.5) is 0 Å². The summed E-state index contributed by atoms with van der Waals surface area (Å²) in [5.74, 6) is 1.06. The van der Waals surface area contributed by atoms with Crippen LogP contribution in [0.15, 0.2) is 22.8 Å². The second-order valence-electron chi connectivity index (χ2n) is 5.58. The average molecular weight is 308 g/mol. The minimum Gasteiger partial charge on any atom is -0.467 e. The van der Waals surface area contributed by atoms with Crippen LogP contribution in [0.2, 0.25) is 0 Å². The summed E-state index contributed by atoms with van der Waals surface area (Å²) in [5.41, 5.74) is 0. The van der Waals surface area contributed by atoms with Crippen LogP contribution in [0.3, 0.4) is 0 Å². The zero-order valence-electron chi connectivity index (χ0n) is 13.7. The largest absolute Gasteiger partial charge is 0.467 e. The summed E-state index contributed by atoms with van der Waals surface area (Å²) >= 11 is 0. The van der Waals surface area contributed by atoms with E-state index in [1.807, 2.05) is 0 Å². The topological polar surface area (TPSA) is 71.3 Å². The molecule has 1 aromatic heterocycles. The van der Waals surface area contributed by atoms with Crippen molar-refractivity contribution in [3.8, 4) is 0 Å². The van der Waals surface area contributed by atoms with Crippen molar-refractivity contribution < 1.29 is 14.0 Å². The molecule has 1 heterocycles. The van der Waals surface area contributed by atoms with Crippen LogP contribution >= 0.6 is 0 Å². The van der Waals surface area contributed by atoms with E-state index >= 15 is 0 Å². The molecule has 1 rings (SSSR count). The van der Waals surface area contributed by atoms with Crippen LogP contribution in [0.25, 0.3) is 0 Å². The van der Waals surface area contributed by atoms with Crippen LogP contribution in [0.1, 0.15) is 58.1 Å². The maximum atomic E-state index is 11.8. The second kappa shape index (κ2) is 10.9. The number of hydrogen-bond acceptors (Lipinski definition) is 3. The lowest BCUT2D eigenvalue weighted by Crippen LogP contribution is -2.31. The van der Waals surface area contributed by atoms with Gasteiger partial charge in [0.1, 0.15) is 5.76 Å². The lowest BCUT2D eigenvalue weighted by Gasteiger charge is -2.15. The highest BCUT2D eigenvalue weighted by atomic mass is 16.3. The van der Waals surface area contributed by atoms with E-state index in [-0.39, 0.29) is 24.7 Å². The molecule has 1 unspecified atom stereocenters. The molecule has 5 heteroatoms. The number of amides is 2. The number of nitrogens with one attached hydrogen (secondary N) is 2. The molecule has 0 fully saturated rings. The quantitative estimate of drug-likeness (QED) is 0.660. The van der Waals surface area contributed by atoms with E-state index in [0.717, 1.165) is 12.8 Å². The first-order chi connectivity index (χ1) is 10.7. The van der Waals surface area contributed by atoms with Gasteiger partial charge in [0.2, 0.25) is 11.8 Å². The van der Waals surface area contributed by atoms with Gasteiger partial charge in [-0.15, -0.1) is 0 Å². The third kappa shape index (κ3) is 7.86. The first-order valence-corrected chi connectivity index (χ1v) is 8.21. The Kier molecular flexibility index (Phi) is 9.03. The molecular weight excluding hydrogens is 280 g/mol. The molecule has 0 bridgehead atoms. The number of rotatable bonds is 11. The molecule has 0 aliphatic heterocycles. The zero-order valence-corrected chi connectivity index (χ0v) is 13.7. The lowest BCUT2D eigenvalue weighted by molar-refractivity contribution is -0.126. The molecule has 0 aliphatic carbocycles. The summed E-state index contributed by atoms with van der Waals surface area (Å²) in [6.45, 7) is 5.40. The molecule has 2 N–H and O–H groups in total. The highest BCUT2D eigenvalue weighted by Crippen LogP contribution is 2.11. The summed E-state index contributed by atoms with van der Waals surface area (Å²) < 4.78 is 5.12. The fourth-order valence-corrected chi connectivity index (χ4v) is 2.20. The molecule has 0 spiro atoms. The van der Waals surface area contributed by atoms with Gasteiger partial charge in [0.05, 0.1) is 12.8 Å². The van der Waals surface area contributed by atoms with Gasteiger partial charge < -0.3 is 15.1 Å². The lowest BCUT2D eigenvalue weighted by atomic mass is 9.99. The van der Waals surface area contributed by atoms with Gasteiger partial charge in [0.15, 0.2) is 0 Å². The van der Waals surface area contributed by atoms with Gasteiger partial charge in [-0.3, -0.25) is 9.59 Å². The van der Waals surface area contributed by atoms with Crippen molar-refractivity contribution in [2.45, 2.75) is 58.9 Å². The van der Waals surface area contributed by atoms with E-state index in [9.17, 15) is 9.59 Å². The molecule has 22 heavy (non-hydrogen) atoms. The average Bonchev–Trinajstić information content (AvgIpc) is 3.04. The van der Waals surface area contributed by atoms with Crippen LogP contribution in [0, 0.1) is 5.92 Å². The third-order valence-electron chi connectivity index (χ3n) is 3.75. The summed E-state index contributed by atoms with van der Waals surface area (Å²) in [7, 11) is 0. The Hall–Kier alpha value is -1.78. The Morgan fingerprint density at radius 3 is 2.50 bits per heavy atom. The van der Waals surface area contributed by atoms with Crippen molar-refractivity contribution >= 4 is 11.8 Å². The highest BCUT2D eigenvalue weighted by molar-refractivity contribution is 5.83. The summed E-state index contributed by atoms with van der Waals surface area (Å²) in [4.78, 5) is 23.4. The van der Waals surface area contributed by atoms with Gasteiger partial charge in [-0.2, -0.15) is 0 Å². The molecule has 0 saturated carbocycles. The molecular formula is C17H28N2O3. The zero-order chi connectivity index (χ0) is 16.2. The summed E-state index contributed by atoms with van der Waals surface area (Å²) in [5, 5.41) is 5.66. The Labute approximate surface area is 132 Å². The van der Waals surface area contributed by atoms with Crippen LogP contribution in [-0.4, -0.2) is 18.4 Å². The van der Waals surface area contributed by atoms with Crippen LogP contribution in [0.5, 0.6) is 0 Å². The molecule has 0 saturated heterocycles. The minimum absolute atomic E-state index is 0.0527. The molecule has 124 valence electrons. The van der Waals surface area contributed by atoms with Crippen molar-refractivity contribution in [3.05, 3.63) is 24.2 Å². The van der Waals surface area contributed by atoms with E-state index in [4.69, 9.17) is 4.42 Å². The van der Waals surface area contributed by atoms with E-state index < -0.39 is 0 Å². The molecule has 0 aromatic carbocycles. The maximum Gasteiger partial charge on any atom is 0.220 e. The summed E-state index contributed by atoms with van der Waals surface area (Å²) in [6, 6.07) is 3.58. The van der Waals surface area contributed by atoms with Crippen molar-refractivity contribution in [3.63, 3.8) is 0 Å². The number of unbranched alkanes of at least 4 members (excludes halogenated alkanes) is 1. The maximum absolute atomic E-state index is 11.8. The number of carbonyl (C=O) groups is 2. The fourth-order valence-electron chi connectivity index (χ4n) is 2.20. The van der Waals surface area contributed by atoms with Gasteiger partial charge in [-0.1, -0.05) is 33.1 Å². The summed E-state index contributed by atoms with van der Waals surface area (Å²) in [6.07, 6.45) is 6.61. The smallest absolute Gasteiger partial charge is 0.220 e.